The number of aryl methyl sites for hydroxylation is 1. The summed E-state index contributed by atoms with van der Waals surface area (Å²) >= 11 is 6.36. The van der Waals surface area contributed by atoms with Crippen molar-refractivity contribution in [2.45, 2.75) is 65.5 Å². The quantitative estimate of drug-likeness (QED) is 0.377. The highest BCUT2D eigenvalue weighted by Gasteiger charge is 2.29. The van der Waals surface area contributed by atoms with Gasteiger partial charge in [0.05, 0.1) is 11.9 Å². The van der Waals surface area contributed by atoms with Crippen LogP contribution in [-0.2, 0) is 32.6 Å². The molecule has 0 saturated heterocycles. The fraction of sp³-hybridized carbons (Fsp3) is 0.481. The molecule has 198 valence electrons. The number of carbonyl (C=O) groups is 2. The van der Waals surface area contributed by atoms with Gasteiger partial charge in [0, 0.05) is 31.1 Å². The summed E-state index contributed by atoms with van der Waals surface area (Å²) in [7, 11) is -3.53. The van der Waals surface area contributed by atoms with Gasteiger partial charge in [-0.05, 0) is 55.0 Å². The Kier molecular flexibility index (Phi) is 11.7. The first-order valence-electron chi connectivity index (χ1n) is 12.5. The van der Waals surface area contributed by atoms with E-state index in [1.54, 1.807) is 23.1 Å². The maximum atomic E-state index is 13.4. The van der Waals surface area contributed by atoms with Crippen LogP contribution in [0.3, 0.4) is 0 Å². The predicted octanol–water partition coefficient (Wildman–Crippen LogP) is 4.78. The van der Waals surface area contributed by atoms with Crippen molar-refractivity contribution in [3.8, 4) is 0 Å². The molecule has 0 aromatic heterocycles. The van der Waals surface area contributed by atoms with Gasteiger partial charge < -0.3 is 10.2 Å². The summed E-state index contributed by atoms with van der Waals surface area (Å²) in [6, 6.07) is 14.0. The molecule has 0 aliphatic rings. The molecule has 0 saturated carbocycles. The average molecular weight is 536 g/mol. The largest absolute Gasteiger partial charge is 0.354 e. The fourth-order valence-corrected chi connectivity index (χ4v) is 5.16. The summed E-state index contributed by atoms with van der Waals surface area (Å²) < 4.78 is 26.3. The Morgan fingerprint density at radius 3 is 2.25 bits per heavy atom. The van der Waals surface area contributed by atoms with Crippen molar-refractivity contribution in [2.24, 2.45) is 0 Å². The zero-order valence-corrected chi connectivity index (χ0v) is 23.2. The summed E-state index contributed by atoms with van der Waals surface area (Å²) in [5, 5.41) is 3.42. The van der Waals surface area contributed by atoms with Gasteiger partial charge in [0.2, 0.25) is 21.8 Å². The third-order valence-corrected chi connectivity index (χ3v) is 7.58. The number of rotatable bonds is 14. The number of sulfonamides is 1. The highest BCUT2D eigenvalue weighted by molar-refractivity contribution is 7.92. The number of hydrogen-bond acceptors (Lipinski definition) is 4. The molecule has 9 heteroatoms. The fourth-order valence-electron chi connectivity index (χ4n) is 4.00. The minimum absolute atomic E-state index is 0.0983. The summed E-state index contributed by atoms with van der Waals surface area (Å²) in [6.07, 6.45) is 3.68. The van der Waals surface area contributed by atoms with Crippen molar-refractivity contribution in [2.75, 3.05) is 23.7 Å². The van der Waals surface area contributed by atoms with Gasteiger partial charge in [-0.15, -0.1) is 0 Å². The number of anilines is 1. The van der Waals surface area contributed by atoms with Crippen LogP contribution in [-0.4, -0.2) is 50.5 Å². The Balaban J connectivity index is 2.20. The van der Waals surface area contributed by atoms with Gasteiger partial charge in [-0.1, -0.05) is 62.7 Å². The third-order valence-electron chi connectivity index (χ3n) is 6.02. The van der Waals surface area contributed by atoms with Crippen molar-refractivity contribution >= 4 is 39.1 Å². The molecule has 0 spiro atoms. The van der Waals surface area contributed by atoms with Gasteiger partial charge in [0.25, 0.3) is 0 Å². The number of hydrogen-bond donors (Lipinski definition) is 1. The Hall–Kier alpha value is -2.58. The topological polar surface area (TPSA) is 86.8 Å². The van der Waals surface area contributed by atoms with E-state index in [1.165, 1.54) is 4.31 Å². The van der Waals surface area contributed by atoms with Gasteiger partial charge in [-0.2, -0.15) is 0 Å². The smallest absolute Gasteiger partial charge is 0.242 e. The second-order valence-electron chi connectivity index (χ2n) is 8.79. The first-order valence-corrected chi connectivity index (χ1v) is 14.7. The Labute approximate surface area is 220 Å². The van der Waals surface area contributed by atoms with Crippen molar-refractivity contribution in [3.05, 3.63) is 64.7 Å². The van der Waals surface area contributed by atoms with Crippen LogP contribution in [0.2, 0.25) is 5.02 Å². The van der Waals surface area contributed by atoms with Crippen LogP contribution in [0.25, 0.3) is 0 Å². The molecule has 0 radical (unpaired) electrons. The van der Waals surface area contributed by atoms with E-state index in [0.717, 1.165) is 30.2 Å². The van der Waals surface area contributed by atoms with Gasteiger partial charge >= 0.3 is 0 Å². The number of nitrogens with zero attached hydrogens (tertiary/aromatic N) is 2. The van der Waals surface area contributed by atoms with Gasteiger partial charge in [-0.25, -0.2) is 8.42 Å². The summed E-state index contributed by atoms with van der Waals surface area (Å²) in [5.41, 5.74) is 2.44. The van der Waals surface area contributed by atoms with Gasteiger partial charge in [0.15, 0.2) is 0 Å². The molecule has 0 heterocycles. The maximum Gasteiger partial charge on any atom is 0.242 e. The second kappa shape index (κ2) is 14.2. The maximum absolute atomic E-state index is 13.4. The number of benzene rings is 2. The molecular weight excluding hydrogens is 498 g/mol. The lowest BCUT2D eigenvalue weighted by atomic mass is 10.1. The van der Waals surface area contributed by atoms with Crippen LogP contribution in [0.15, 0.2) is 48.5 Å². The summed E-state index contributed by atoms with van der Waals surface area (Å²) in [4.78, 5) is 27.9. The lowest BCUT2D eigenvalue weighted by Gasteiger charge is -2.31. The summed E-state index contributed by atoms with van der Waals surface area (Å²) in [6.45, 7) is 6.77. The number of amides is 2. The first kappa shape index (κ1) is 29.6. The highest BCUT2D eigenvalue weighted by atomic mass is 35.5. The third kappa shape index (κ3) is 8.52. The molecule has 0 bridgehead atoms. The molecular formula is C27H38ClN3O4S. The predicted molar refractivity (Wildman–Crippen MR) is 147 cm³/mol. The van der Waals surface area contributed by atoms with E-state index in [0.29, 0.717) is 30.1 Å². The van der Waals surface area contributed by atoms with E-state index in [1.807, 2.05) is 51.1 Å². The van der Waals surface area contributed by atoms with Gasteiger partial charge in [-0.3, -0.25) is 13.9 Å². The molecule has 0 fully saturated rings. The molecule has 2 amide bonds. The normalized spacial score (nSPS) is 12.1. The van der Waals surface area contributed by atoms with Crippen LogP contribution in [0, 0.1) is 0 Å². The molecule has 0 unspecified atom stereocenters. The Bertz CT molecular complexity index is 1110. The molecule has 0 aliphatic heterocycles. The van der Waals surface area contributed by atoms with E-state index in [4.69, 9.17) is 11.6 Å². The molecule has 1 atom stereocenters. The van der Waals surface area contributed by atoms with Crippen molar-refractivity contribution in [3.63, 3.8) is 0 Å². The SMILES string of the molecule is CCCNC(=O)[C@H](CC)N(Cc1ccccc1Cl)C(=O)CCCN(c1ccc(CC)cc1)S(C)(=O)=O. The molecule has 2 aromatic carbocycles. The van der Waals surface area contributed by atoms with Crippen LogP contribution in [0.5, 0.6) is 0 Å². The molecule has 36 heavy (non-hydrogen) atoms. The van der Waals surface area contributed by atoms with E-state index in [-0.39, 0.29) is 31.3 Å². The van der Waals surface area contributed by atoms with Crippen molar-refractivity contribution in [1.82, 2.24) is 10.2 Å². The standard InChI is InChI=1S/C27H38ClN3O4S/c1-5-18-29-27(33)25(7-3)30(20-22-11-8-9-12-24(22)28)26(32)13-10-19-31(36(4,34)35)23-16-14-21(6-2)15-17-23/h8-9,11-12,14-17,25H,5-7,10,13,18-20H2,1-4H3,(H,29,33)/t25-/m0/s1. The van der Waals surface area contributed by atoms with Crippen LogP contribution < -0.4 is 9.62 Å². The van der Waals surface area contributed by atoms with Crippen LogP contribution in [0.4, 0.5) is 5.69 Å². The number of carbonyl (C=O) groups excluding carboxylic acids is 2. The van der Waals surface area contributed by atoms with E-state index < -0.39 is 16.1 Å². The monoisotopic (exact) mass is 535 g/mol. The molecule has 7 nitrogen and oxygen atoms in total. The molecule has 0 aliphatic carbocycles. The van der Waals surface area contributed by atoms with Crippen LogP contribution in [0.1, 0.15) is 57.6 Å². The van der Waals surface area contributed by atoms with E-state index >= 15 is 0 Å². The molecule has 1 N–H and O–H groups in total. The average Bonchev–Trinajstić information content (AvgIpc) is 2.85. The van der Waals surface area contributed by atoms with Gasteiger partial charge in [0.1, 0.15) is 6.04 Å². The Morgan fingerprint density at radius 1 is 1.03 bits per heavy atom. The van der Waals surface area contributed by atoms with E-state index in [2.05, 4.69) is 5.32 Å². The number of nitrogens with one attached hydrogen (secondary N) is 1. The zero-order chi connectivity index (χ0) is 26.7. The minimum atomic E-state index is -3.53. The van der Waals surface area contributed by atoms with Crippen LogP contribution >= 0.6 is 11.6 Å². The number of halogens is 1. The first-order chi connectivity index (χ1) is 17.1. The van der Waals surface area contributed by atoms with Crippen molar-refractivity contribution in [1.29, 1.82) is 0 Å². The lowest BCUT2D eigenvalue weighted by Crippen LogP contribution is -2.49. The zero-order valence-electron chi connectivity index (χ0n) is 21.7. The highest BCUT2D eigenvalue weighted by Crippen LogP contribution is 2.22. The molecule has 2 aromatic rings. The van der Waals surface area contributed by atoms with E-state index in [9.17, 15) is 18.0 Å². The van der Waals surface area contributed by atoms with Crippen molar-refractivity contribution < 1.29 is 18.0 Å². The second-order valence-corrected chi connectivity index (χ2v) is 11.1. The lowest BCUT2D eigenvalue weighted by molar-refractivity contribution is -0.141. The summed E-state index contributed by atoms with van der Waals surface area (Å²) in [5.74, 6) is -0.420. The molecule has 2 rings (SSSR count). The Morgan fingerprint density at radius 2 is 1.69 bits per heavy atom. The minimum Gasteiger partial charge on any atom is -0.354 e.